The van der Waals surface area contributed by atoms with Gasteiger partial charge in [0.05, 0.1) is 19.8 Å². The van der Waals surface area contributed by atoms with E-state index < -0.39 is 0 Å². The Bertz CT molecular complexity index is 245. The number of amides is 1. The lowest BCUT2D eigenvalue weighted by atomic mass is 10.2. The van der Waals surface area contributed by atoms with E-state index in [1.54, 1.807) is 4.90 Å². The van der Waals surface area contributed by atoms with Crippen molar-refractivity contribution >= 4 is 5.91 Å². The third kappa shape index (κ3) is 3.41. The van der Waals surface area contributed by atoms with Gasteiger partial charge in [0.25, 0.3) is 0 Å². The molecule has 0 aliphatic carbocycles. The fourth-order valence-corrected chi connectivity index (χ4v) is 1.60. The molecule has 2 unspecified atom stereocenters. The minimum atomic E-state index is -0.218. The number of hydroxylamine groups is 1. The smallest absolute Gasteiger partial charge is 0.248 e. The summed E-state index contributed by atoms with van der Waals surface area (Å²) >= 11 is 0. The first-order chi connectivity index (χ1) is 7.83. The molecule has 0 bridgehead atoms. The van der Waals surface area contributed by atoms with Crippen molar-refractivity contribution in [3.8, 4) is 0 Å². The molecule has 2 atom stereocenters. The third-order valence-corrected chi connectivity index (χ3v) is 2.74. The number of ether oxygens (including phenoxy) is 1. The maximum Gasteiger partial charge on any atom is 0.248 e. The van der Waals surface area contributed by atoms with Gasteiger partial charge in [0.15, 0.2) is 6.23 Å². The summed E-state index contributed by atoms with van der Waals surface area (Å²) < 4.78 is 4.91. The topological polar surface area (TPSA) is 74.1 Å². The van der Waals surface area contributed by atoms with Gasteiger partial charge < -0.3 is 14.7 Å². The van der Waals surface area contributed by atoms with Crippen LogP contribution in [0.25, 0.3) is 0 Å². The van der Waals surface area contributed by atoms with Crippen LogP contribution in [0, 0.1) is 0 Å². The second-order valence-corrected chi connectivity index (χ2v) is 4.08. The normalized spacial score (nSPS) is 27.3. The zero-order valence-electron chi connectivity index (χ0n) is 9.22. The summed E-state index contributed by atoms with van der Waals surface area (Å²) in [6.07, 6.45) is 3.05. The predicted molar refractivity (Wildman–Crippen MR) is 55.3 cm³/mol. The van der Waals surface area contributed by atoms with E-state index >= 15 is 0 Å². The molecule has 0 aromatic heterocycles. The minimum absolute atomic E-state index is 0.0484. The lowest BCUT2D eigenvalue weighted by Crippen LogP contribution is -2.18. The zero-order valence-corrected chi connectivity index (χ0v) is 9.22. The number of hydrogen-bond donors (Lipinski definition) is 2. The van der Waals surface area contributed by atoms with Gasteiger partial charge in [0.2, 0.25) is 5.91 Å². The van der Waals surface area contributed by atoms with Crippen molar-refractivity contribution in [3.05, 3.63) is 0 Å². The zero-order chi connectivity index (χ0) is 11.4. The number of epoxide rings is 1. The second-order valence-electron chi connectivity index (χ2n) is 4.08. The molecule has 2 fully saturated rings. The van der Waals surface area contributed by atoms with Crippen LogP contribution in [0.5, 0.6) is 0 Å². The van der Waals surface area contributed by atoms with Gasteiger partial charge in [-0.2, -0.15) is 5.48 Å². The first kappa shape index (κ1) is 11.8. The summed E-state index contributed by atoms with van der Waals surface area (Å²) in [6, 6.07) is -0.218. The number of aliphatic hydroxyl groups excluding tert-OH is 1. The van der Waals surface area contributed by atoms with E-state index in [4.69, 9.17) is 14.7 Å². The lowest BCUT2D eigenvalue weighted by Gasteiger charge is -2.03. The maximum atomic E-state index is 11.0. The van der Waals surface area contributed by atoms with Crippen molar-refractivity contribution in [1.29, 1.82) is 0 Å². The Balaban J connectivity index is 1.36. The molecule has 0 spiro atoms. The highest BCUT2D eigenvalue weighted by atomic mass is 16.7. The number of carbonyl (C=O) groups is 1. The number of hydrogen-bond acceptors (Lipinski definition) is 5. The Morgan fingerprint density at radius 2 is 2.31 bits per heavy atom. The number of nitrogens with one attached hydrogen (secondary N) is 1. The standard InChI is InChI=1S/C10H18N2O4/c13-6-8-10(14)12(8)4-2-1-3-5-16-11-9-7-15-9/h8-9,11,13H,1-7H2. The van der Waals surface area contributed by atoms with Crippen molar-refractivity contribution in [2.24, 2.45) is 0 Å². The summed E-state index contributed by atoms with van der Waals surface area (Å²) in [5.74, 6) is 0.0753. The highest BCUT2D eigenvalue weighted by molar-refractivity contribution is 5.96. The molecule has 1 amide bonds. The molecule has 0 aromatic rings. The SMILES string of the molecule is O=C1C(CO)N1CCCCCONC1CO1. The Labute approximate surface area is 94.5 Å². The Kier molecular flexibility index (Phi) is 4.11. The molecule has 2 aliphatic heterocycles. The summed E-state index contributed by atoms with van der Waals surface area (Å²) in [5, 5.41) is 8.77. The first-order valence-electron chi connectivity index (χ1n) is 5.73. The number of nitrogens with zero attached hydrogens (tertiary/aromatic N) is 1. The van der Waals surface area contributed by atoms with Gasteiger partial charge in [0, 0.05) is 6.54 Å². The van der Waals surface area contributed by atoms with Gasteiger partial charge in [0.1, 0.15) is 6.04 Å². The van der Waals surface area contributed by atoms with E-state index in [1.165, 1.54) is 0 Å². The van der Waals surface area contributed by atoms with Gasteiger partial charge in [-0.05, 0) is 19.3 Å². The molecule has 0 radical (unpaired) electrons. The van der Waals surface area contributed by atoms with Crippen LogP contribution in [0.4, 0.5) is 0 Å². The van der Waals surface area contributed by atoms with Gasteiger partial charge >= 0.3 is 0 Å². The lowest BCUT2D eigenvalue weighted by molar-refractivity contribution is -0.114. The van der Waals surface area contributed by atoms with Crippen LogP contribution >= 0.6 is 0 Å². The fraction of sp³-hybridized carbons (Fsp3) is 0.900. The largest absolute Gasteiger partial charge is 0.394 e. The van der Waals surface area contributed by atoms with E-state index in [-0.39, 0.29) is 24.8 Å². The van der Waals surface area contributed by atoms with E-state index in [9.17, 15) is 4.79 Å². The molecular formula is C10H18N2O4. The Hall–Kier alpha value is -0.690. The second kappa shape index (κ2) is 5.58. The van der Waals surface area contributed by atoms with Crippen molar-refractivity contribution in [1.82, 2.24) is 10.4 Å². The minimum Gasteiger partial charge on any atom is -0.394 e. The first-order valence-corrected chi connectivity index (χ1v) is 5.73. The van der Waals surface area contributed by atoms with E-state index in [0.29, 0.717) is 6.61 Å². The van der Waals surface area contributed by atoms with Gasteiger partial charge in [-0.25, -0.2) is 0 Å². The van der Waals surface area contributed by atoms with Crippen molar-refractivity contribution in [3.63, 3.8) is 0 Å². The van der Waals surface area contributed by atoms with Gasteiger partial charge in [-0.15, -0.1) is 0 Å². The highest BCUT2D eigenvalue weighted by Crippen LogP contribution is 2.19. The van der Waals surface area contributed by atoms with E-state index in [0.717, 1.165) is 32.4 Å². The van der Waals surface area contributed by atoms with Crippen LogP contribution in [0.3, 0.4) is 0 Å². The molecule has 92 valence electrons. The molecular weight excluding hydrogens is 212 g/mol. The maximum absolute atomic E-state index is 11.0. The van der Waals surface area contributed by atoms with Crippen LogP contribution in [-0.2, 0) is 14.4 Å². The summed E-state index contributed by atoms with van der Waals surface area (Å²) in [4.78, 5) is 17.9. The summed E-state index contributed by atoms with van der Waals surface area (Å²) in [5.41, 5.74) is 2.77. The molecule has 2 rings (SSSR count). The molecule has 2 N–H and O–H groups in total. The fourth-order valence-electron chi connectivity index (χ4n) is 1.60. The highest BCUT2D eigenvalue weighted by Gasteiger charge is 2.44. The Morgan fingerprint density at radius 1 is 1.50 bits per heavy atom. The molecule has 6 nitrogen and oxygen atoms in total. The molecule has 2 aliphatic rings. The number of rotatable bonds is 9. The molecule has 0 aromatic carbocycles. The van der Waals surface area contributed by atoms with Crippen LogP contribution in [-0.4, -0.2) is 54.5 Å². The van der Waals surface area contributed by atoms with Crippen molar-refractivity contribution in [2.75, 3.05) is 26.4 Å². The van der Waals surface area contributed by atoms with Crippen LogP contribution < -0.4 is 5.48 Å². The quantitative estimate of drug-likeness (QED) is 0.309. The van der Waals surface area contributed by atoms with E-state index in [1.807, 2.05) is 0 Å². The average molecular weight is 230 g/mol. The summed E-state index contributed by atoms with van der Waals surface area (Å²) in [6.45, 7) is 2.10. The molecule has 2 heterocycles. The average Bonchev–Trinajstić information content (AvgIpc) is 3.17. The van der Waals surface area contributed by atoms with Gasteiger partial charge in [-0.1, -0.05) is 0 Å². The molecule has 0 saturated carbocycles. The van der Waals surface area contributed by atoms with Crippen LogP contribution in [0.15, 0.2) is 0 Å². The molecule has 6 heteroatoms. The monoisotopic (exact) mass is 230 g/mol. The molecule has 2 saturated heterocycles. The number of carbonyl (C=O) groups excluding carboxylic acids is 1. The predicted octanol–water partition coefficient (Wildman–Crippen LogP) is -0.763. The van der Waals surface area contributed by atoms with Crippen molar-refractivity contribution in [2.45, 2.75) is 31.5 Å². The third-order valence-electron chi connectivity index (χ3n) is 2.74. The number of unbranched alkanes of at least 4 members (excludes halogenated alkanes) is 2. The summed E-state index contributed by atoms with van der Waals surface area (Å²) in [7, 11) is 0. The molecule has 16 heavy (non-hydrogen) atoms. The van der Waals surface area contributed by atoms with Crippen LogP contribution in [0.2, 0.25) is 0 Å². The van der Waals surface area contributed by atoms with Gasteiger partial charge in [-0.3, -0.25) is 9.63 Å². The van der Waals surface area contributed by atoms with Crippen LogP contribution in [0.1, 0.15) is 19.3 Å². The number of aliphatic hydroxyl groups is 1. The van der Waals surface area contributed by atoms with E-state index in [2.05, 4.69) is 5.48 Å². The van der Waals surface area contributed by atoms with Crippen molar-refractivity contribution < 1.29 is 19.5 Å². The Morgan fingerprint density at radius 3 is 2.94 bits per heavy atom.